The Morgan fingerprint density at radius 3 is 2.33 bits per heavy atom. The van der Waals surface area contributed by atoms with Crippen LogP contribution in [0.25, 0.3) is 0 Å². The second-order valence-electron chi connectivity index (χ2n) is 3.55. The van der Waals surface area contributed by atoms with Crippen molar-refractivity contribution in [2.24, 2.45) is 0 Å². The van der Waals surface area contributed by atoms with E-state index in [9.17, 15) is 29.8 Å². The van der Waals surface area contributed by atoms with Gasteiger partial charge in [-0.1, -0.05) is 0 Å². The van der Waals surface area contributed by atoms with Crippen LogP contribution in [0.3, 0.4) is 0 Å². The van der Waals surface area contributed by atoms with Crippen LogP contribution in [0.5, 0.6) is 0 Å². The largest absolute Gasteiger partial charge is 0.490 e. The van der Waals surface area contributed by atoms with Crippen molar-refractivity contribution in [1.29, 1.82) is 5.53 Å². The molecular formula is C8H11N4O9+. The van der Waals surface area contributed by atoms with Gasteiger partial charge in [0.25, 0.3) is 16.0 Å². The van der Waals surface area contributed by atoms with E-state index >= 15 is 0 Å². The maximum Gasteiger partial charge on any atom is 0.490 e. The lowest BCUT2D eigenvalue weighted by Gasteiger charge is -2.12. The minimum atomic E-state index is -1.66. The highest BCUT2D eigenvalue weighted by Crippen LogP contribution is 2.07. The van der Waals surface area contributed by atoms with Crippen LogP contribution in [0.2, 0.25) is 0 Å². The number of aliphatic carboxylic acids is 1. The maximum atomic E-state index is 11.3. The van der Waals surface area contributed by atoms with Gasteiger partial charge in [0.2, 0.25) is 0 Å². The van der Waals surface area contributed by atoms with E-state index in [-0.39, 0.29) is 19.3 Å². The van der Waals surface area contributed by atoms with Crippen LogP contribution in [0.4, 0.5) is 0 Å². The van der Waals surface area contributed by atoms with E-state index in [1.807, 2.05) is 0 Å². The van der Waals surface area contributed by atoms with Crippen molar-refractivity contribution >= 4 is 17.5 Å². The summed E-state index contributed by atoms with van der Waals surface area (Å²) < 4.78 is 0. The lowest BCUT2D eigenvalue weighted by atomic mass is 10.1. The van der Waals surface area contributed by atoms with E-state index in [2.05, 4.69) is 14.5 Å². The molecule has 13 nitrogen and oxygen atoms in total. The molecule has 0 aliphatic rings. The molecule has 0 aromatic carbocycles. The summed E-state index contributed by atoms with van der Waals surface area (Å²) in [5.41, 5.74) is 5.55. The Bertz CT molecular complexity index is 484. The number of nitrogens with zero attached hydrogens (tertiary/aromatic N) is 3. The van der Waals surface area contributed by atoms with Crippen LogP contribution >= 0.6 is 0 Å². The number of carbonyl (C=O) groups excluding carboxylic acids is 1. The zero-order chi connectivity index (χ0) is 16.4. The van der Waals surface area contributed by atoms with E-state index < -0.39 is 40.3 Å². The van der Waals surface area contributed by atoms with Gasteiger partial charge in [-0.05, 0) is 12.8 Å². The molecule has 116 valence electrons. The molecule has 0 heterocycles. The van der Waals surface area contributed by atoms with Gasteiger partial charge in [-0.25, -0.2) is 4.79 Å². The highest BCUT2D eigenvalue weighted by molar-refractivity contribution is 6.61. The molecule has 0 amide bonds. The molecule has 0 unspecified atom stereocenters. The predicted molar refractivity (Wildman–Crippen MR) is 59.3 cm³/mol. The normalized spacial score (nSPS) is 10.9. The number of carboxylic acid groups (broad SMARTS) is 1. The first-order chi connectivity index (χ1) is 9.77. The van der Waals surface area contributed by atoms with Gasteiger partial charge in [-0.2, -0.15) is 0 Å². The first kappa shape index (κ1) is 17.9. The molecular weight excluding hydrogens is 296 g/mol. The molecule has 0 bridgehead atoms. The number of hydrogen-bond donors (Lipinski definition) is 2. The smallest absolute Gasteiger partial charge is 0.472 e. The summed E-state index contributed by atoms with van der Waals surface area (Å²) in [5.74, 6) is -2.60. The van der Waals surface area contributed by atoms with Gasteiger partial charge in [-0.15, -0.1) is 20.2 Å². The third-order valence-electron chi connectivity index (χ3n) is 2.11. The van der Waals surface area contributed by atoms with Crippen LogP contribution in [-0.4, -0.2) is 50.2 Å². The molecule has 0 spiro atoms. The second kappa shape index (κ2) is 8.92. The summed E-state index contributed by atoms with van der Waals surface area (Å²) >= 11 is 0. The fraction of sp³-hybridized carbons (Fsp3) is 0.625. The van der Waals surface area contributed by atoms with Crippen molar-refractivity contribution in [3.05, 3.63) is 20.2 Å². The molecule has 0 aromatic heterocycles. The molecule has 0 fully saturated rings. The van der Waals surface area contributed by atoms with E-state index in [0.717, 1.165) is 0 Å². The van der Waals surface area contributed by atoms with Gasteiger partial charge in [0.1, 0.15) is 12.7 Å². The summed E-state index contributed by atoms with van der Waals surface area (Å²) in [6.07, 6.45) is -1.87. The number of rotatable bonds is 11. The van der Waals surface area contributed by atoms with E-state index in [4.69, 9.17) is 10.6 Å². The minimum Gasteiger partial charge on any atom is -0.472 e. The minimum absolute atomic E-state index is 0.0648. The first-order valence-electron chi connectivity index (χ1n) is 5.37. The number of nitrogens with one attached hydrogen (secondary N) is 1. The van der Waals surface area contributed by atoms with Gasteiger partial charge >= 0.3 is 11.7 Å². The van der Waals surface area contributed by atoms with Crippen molar-refractivity contribution in [3.63, 3.8) is 0 Å². The summed E-state index contributed by atoms with van der Waals surface area (Å²) in [7, 11) is 0. The highest BCUT2D eigenvalue weighted by Gasteiger charge is 2.31. The predicted octanol–water partition coefficient (Wildman–Crippen LogP) is -0.724. The quantitative estimate of drug-likeness (QED) is 0.123. The zero-order valence-electron chi connectivity index (χ0n) is 10.5. The van der Waals surface area contributed by atoms with Crippen molar-refractivity contribution in [3.8, 4) is 0 Å². The molecule has 0 rings (SSSR count). The standard InChI is InChI=1S/C8H10N4O9/c9-10-7(8(14)15)6(13)3-1-2-5(21-12(18)19)4-20-11(16)17/h5,9H,1-4H2/p+1/t5-/m1/s1. The summed E-state index contributed by atoms with van der Waals surface area (Å²) in [4.78, 5) is 52.6. The Labute approximate surface area is 115 Å². The van der Waals surface area contributed by atoms with Crippen LogP contribution < -0.4 is 0 Å². The molecule has 0 saturated heterocycles. The Kier molecular flexibility index (Phi) is 7.62. The molecule has 0 saturated carbocycles. The topological polar surface area (TPSA) is 197 Å². The van der Waals surface area contributed by atoms with Crippen LogP contribution in [0, 0.1) is 25.8 Å². The summed E-state index contributed by atoms with van der Waals surface area (Å²) in [5, 5.41) is 26.4. The fourth-order valence-corrected chi connectivity index (χ4v) is 1.27. The maximum absolute atomic E-state index is 11.3. The zero-order valence-corrected chi connectivity index (χ0v) is 10.5. The van der Waals surface area contributed by atoms with Crippen LogP contribution in [-0.2, 0) is 19.3 Å². The summed E-state index contributed by atoms with van der Waals surface area (Å²) in [6.45, 7) is -0.708. The SMILES string of the molecule is N=[N+]=C(C(=O)O)C(=O)CCC[C@H](CO[N+](=O)[O-])O[N+](=O)[O-]. The van der Waals surface area contributed by atoms with Crippen LogP contribution in [0.15, 0.2) is 0 Å². The average Bonchev–Trinajstić information content (AvgIpc) is 2.35. The van der Waals surface area contributed by atoms with Crippen molar-refractivity contribution in [2.75, 3.05) is 6.61 Å². The number of Topliss-reactive ketones (excluding diaryl/α,β-unsaturated/α-hetero) is 1. The van der Waals surface area contributed by atoms with Gasteiger partial charge in [-0.3, -0.25) is 4.79 Å². The van der Waals surface area contributed by atoms with Crippen molar-refractivity contribution in [2.45, 2.75) is 25.4 Å². The molecule has 13 heteroatoms. The van der Waals surface area contributed by atoms with Crippen molar-refractivity contribution < 1.29 is 39.3 Å². The van der Waals surface area contributed by atoms with Gasteiger partial charge in [0.15, 0.2) is 0 Å². The van der Waals surface area contributed by atoms with Gasteiger partial charge in [0, 0.05) is 6.42 Å². The third-order valence-corrected chi connectivity index (χ3v) is 2.11. The first-order valence-corrected chi connectivity index (χ1v) is 5.37. The van der Waals surface area contributed by atoms with E-state index in [0.29, 0.717) is 0 Å². The lowest BCUT2D eigenvalue weighted by molar-refractivity contribution is -0.790. The average molecular weight is 307 g/mol. The van der Waals surface area contributed by atoms with Gasteiger partial charge < -0.3 is 14.8 Å². The van der Waals surface area contributed by atoms with Crippen molar-refractivity contribution in [1.82, 2.24) is 0 Å². The number of hydrogen-bond acceptors (Lipinski definition) is 9. The molecule has 21 heavy (non-hydrogen) atoms. The Morgan fingerprint density at radius 2 is 1.90 bits per heavy atom. The second-order valence-corrected chi connectivity index (χ2v) is 3.55. The Hall–Kier alpha value is -3.08. The molecule has 1 atom stereocenters. The highest BCUT2D eigenvalue weighted by atomic mass is 17.0. The summed E-state index contributed by atoms with van der Waals surface area (Å²) in [6, 6.07) is 0. The lowest BCUT2D eigenvalue weighted by Crippen LogP contribution is -2.27. The monoisotopic (exact) mass is 307 g/mol. The molecule has 0 aliphatic heterocycles. The number of carbonyl (C=O) groups is 2. The number of ketones is 1. The van der Waals surface area contributed by atoms with Crippen LogP contribution in [0.1, 0.15) is 19.3 Å². The van der Waals surface area contributed by atoms with Gasteiger partial charge in [0.05, 0.1) is 10.3 Å². The molecule has 2 N–H and O–H groups in total. The van der Waals surface area contributed by atoms with E-state index in [1.54, 1.807) is 0 Å². The third kappa shape index (κ3) is 7.84. The van der Waals surface area contributed by atoms with E-state index in [1.165, 1.54) is 0 Å². The fourth-order valence-electron chi connectivity index (χ4n) is 1.27. The molecule has 0 aromatic rings. The number of carboxylic acids is 1. The Balaban J connectivity index is 4.38. The Morgan fingerprint density at radius 1 is 1.29 bits per heavy atom. The molecule has 0 radical (unpaired) electrons. The molecule has 0 aliphatic carbocycles.